The lowest BCUT2D eigenvalue weighted by Crippen LogP contribution is -2.30. The van der Waals surface area contributed by atoms with Crippen LogP contribution in [0.25, 0.3) is 0 Å². The Morgan fingerprint density at radius 2 is 1.33 bits per heavy atom. The van der Waals surface area contributed by atoms with Crippen molar-refractivity contribution in [2.75, 3.05) is 33.8 Å². The number of carbonyl (C=O) groups is 1. The molecule has 0 saturated heterocycles. The number of sulfonamides is 2. The van der Waals surface area contributed by atoms with Gasteiger partial charge in [0.05, 0.1) is 22.1 Å². The highest BCUT2D eigenvalue weighted by atomic mass is 32.2. The SMILES string of the molecule is CCOc1ccc(NS(=O)(=O)c2ccc(NC(=O)c3ccc(N(CC)S(=O)(=O)c4ccc(SC)cc4)cc3)cc2)cc1. The van der Waals surface area contributed by atoms with Crippen LogP contribution in [-0.2, 0) is 20.0 Å². The second kappa shape index (κ2) is 13.3. The summed E-state index contributed by atoms with van der Waals surface area (Å²) in [4.78, 5) is 14.0. The summed E-state index contributed by atoms with van der Waals surface area (Å²) >= 11 is 1.53. The number of nitrogens with one attached hydrogen (secondary N) is 2. The summed E-state index contributed by atoms with van der Waals surface area (Å²) in [5.74, 6) is 0.211. The van der Waals surface area contributed by atoms with Crippen molar-refractivity contribution in [1.29, 1.82) is 0 Å². The van der Waals surface area contributed by atoms with E-state index in [1.54, 1.807) is 79.7 Å². The third kappa shape index (κ3) is 7.25. The Kier molecular flexibility index (Phi) is 9.81. The molecule has 12 heteroatoms. The molecule has 0 atom stereocenters. The van der Waals surface area contributed by atoms with Gasteiger partial charge in [-0.3, -0.25) is 13.8 Å². The average molecular weight is 626 g/mol. The first-order valence-corrected chi connectivity index (χ1v) is 17.2. The number of rotatable bonds is 12. The predicted molar refractivity (Wildman–Crippen MR) is 168 cm³/mol. The van der Waals surface area contributed by atoms with Gasteiger partial charge in [0.2, 0.25) is 0 Å². The number of nitrogens with zero attached hydrogens (tertiary/aromatic N) is 1. The number of anilines is 3. The molecule has 4 aromatic rings. The van der Waals surface area contributed by atoms with Crippen molar-refractivity contribution in [3.63, 3.8) is 0 Å². The summed E-state index contributed by atoms with van der Waals surface area (Å²) in [6.45, 7) is 4.32. The minimum atomic E-state index is -3.85. The van der Waals surface area contributed by atoms with Crippen LogP contribution in [0.3, 0.4) is 0 Å². The molecule has 4 aromatic carbocycles. The first kappa shape index (κ1) is 30.9. The molecule has 220 valence electrons. The smallest absolute Gasteiger partial charge is 0.264 e. The molecule has 0 heterocycles. The van der Waals surface area contributed by atoms with E-state index in [0.29, 0.717) is 35.0 Å². The molecular formula is C30H31N3O6S3. The van der Waals surface area contributed by atoms with Crippen LogP contribution >= 0.6 is 11.8 Å². The standard InChI is InChI=1S/C30H31N3O6S3/c1-4-33(42(37,38)29-20-16-27(40-3)17-21-29)25-12-6-22(7-13-25)30(34)31-23-10-18-28(19-11-23)41(35,36)32-24-8-14-26(15-9-24)39-5-2/h6-21,32H,4-5H2,1-3H3,(H,31,34). The third-order valence-corrected chi connectivity index (χ3v) is 10.3. The largest absolute Gasteiger partial charge is 0.494 e. The molecule has 42 heavy (non-hydrogen) atoms. The zero-order chi connectivity index (χ0) is 30.3. The predicted octanol–water partition coefficient (Wildman–Crippen LogP) is 6.08. The fourth-order valence-electron chi connectivity index (χ4n) is 4.07. The summed E-state index contributed by atoms with van der Waals surface area (Å²) in [6, 6.07) is 25.3. The Hall–Kier alpha value is -4.00. The Balaban J connectivity index is 1.42. The molecule has 0 radical (unpaired) electrons. The molecule has 2 N–H and O–H groups in total. The van der Waals surface area contributed by atoms with Crippen molar-refractivity contribution < 1.29 is 26.4 Å². The molecule has 0 fully saturated rings. The van der Waals surface area contributed by atoms with Crippen LogP contribution in [0.1, 0.15) is 24.2 Å². The van der Waals surface area contributed by atoms with Gasteiger partial charge in [-0.05, 0) is 117 Å². The number of carbonyl (C=O) groups excluding carboxylic acids is 1. The second-order valence-corrected chi connectivity index (χ2v) is 13.4. The fraction of sp³-hybridized carbons (Fsp3) is 0.167. The number of ether oxygens (including phenoxy) is 1. The van der Waals surface area contributed by atoms with E-state index in [9.17, 15) is 21.6 Å². The molecule has 0 unspecified atom stereocenters. The highest BCUT2D eigenvalue weighted by Gasteiger charge is 2.24. The molecule has 0 spiro atoms. The van der Waals surface area contributed by atoms with Crippen molar-refractivity contribution >= 4 is 54.8 Å². The van der Waals surface area contributed by atoms with Gasteiger partial charge in [-0.25, -0.2) is 16.8 Å². The summed E-state index contributed by atoms with van der Waals surface area (Å²) in [6.07, 6.45) is 1.92. The van der Waals surface area contributed by atoms with Crippen LogP contribution in [0.5, 0.6) is 5.75 Å². The Labute approximate surface area is 251 Å². The van der Waals surface area contributed by atoms with Crippen molar-refractivity contribution in [2.45, 2.75) is 28.5 Å². The Morgan fingerprint density at radius 1 is 0.762 bits per heavy atom. The number of benzene rings is 4. The molecule has 0 aliphatic heterocycles. The molecule has 0 saturated carbocycles. The van der Waals surface area contributed by atoms with Gasteiger partial charge in [-0.2, -0.15) is 0 Å². The van der Waals surface area contributed by atoms with Gasteiger partial charge in [-0.1, -0.05) is 0 Å². The van der Waals surface area contributed by atoms with Crippen LogP contribution < -0.4 is 19.1 Å². The summed E-state index contributed by atoms with van der Waals surface area (Å²) in [7, 11) is -7.63. The summed E-state index contributed by atoms with van der Waals surface area (Å²) in [5, 5.41) is 2.73. The molecule has 1 amide bonds. The molecular weight excluding hydrogens is 595 g/mol. The second-order valence-electron chi connectivity index (χ2n) is 8.93. The average Bonchev–Trinajstić information content (AvgIpc) is 2.99. The first-order chi connectivity index (χ1) is 20.1. The van der Waals surface area contributed by atoms with Crippen LogP contribution in [0.15, 0.2) is 112 Å². The number of hydrogen-bond acceptors (Lipinski definition) is 7. The zero-order valence-electron chi connectivity index (χ0n) is 23.3. The Bertz CT molecular complexity index is 1720. The van der Waals surface area contributed by atoms with Crippen LogP contribution in [-0.4, -0.2) is 42.2 Å². The van der Waals surface area contributed by atoms with Crippen molar-refractivity contribution in [3.8, 4) is 5.75 Å². The fourth-order valence-corrected chi connectivity index (χ4v) is 7.01. The van der Waals surface area contributed by atoms with Gasteiger partial charge >= 0.3 is 0 Å². The number of amides is 1. The molecule has 0 bridgehead atoms. The van der Waals surface area contributed by atoms with Gasteiger partial charge < -0.3 is 10.1 Å². The van der Waals surface area contributed by atoms with E-state index < -0.39 is 26.0 Å². The van der Waals surface area contributed by atoms with E-state index in [1.807, 2.05) is 13.2 Å². The maximum Gasteiger partial charge on any atom is 0.264 e. The van der Waals surface area contributed by atoms with E-state index >= 15 is 0 Å². The molecule has 0 aliphatic carbocycles. The maximum absolute atomic E-state index is 13.2. The topological polar surface area (TPSA) is 122 Å². The van der Waals surface area contributed by atoms with E-state index in [1.165, 1.54) is 40.3 Å². The van der Waals surface area contributed by atoms with E-state index in [2.05, 4.69) is 10.0 Å². The van der Waals surface area contributed by atoms with E-state index in [0.717, 1.165) is 4.90 Å². The quantitative estimate of drug-likeness (QED) is 0.183. The molecule has 0 aliphatic rings. The van der Waals surface area contributed by atoms with Crippen LogP contribution in [0, 0.1) is 0 Å². The van der Waals surface area contributed by atoms with Gasteiger partial charge in [-0.15, -0.1) is 11.8 Å². The lowest BCUT2D eigenvalue weighted by atomic mass is 10.2. The van der Waals surface area contributed by atoms with Crippen molar-refractivity contribution in [1.82, 2.24) is 0 Å². The third-order valence-electron chi connectivity index (χ3n) is 6.19. The minimum Gasteiger partial charge on any atom is -0.494 e. The molecule has 4 rings (SSSR count). The lowest BCUT2D eigenvalue weighted by molar-refractivity contribution is 0.102. The highest BCUT2D eigenvalue weighted by molar-refractivity contribution is 7.98. The lowest BCUT2D eigenvalue weighted by Gasteiger charge is -2.23. The normalized spacial score (nSPS) is 11.5. The van der Waals surface area contributed by atoms with E-state index in [-0.39, 0.29) is 16.3 Å². The van der Waals surface area contributed by atoms with Gasteiger partial charge in [0, 0.05) is 28.4 Å². The minimum absolute atomic E-state index is 0.0303. The molecule has 9 nitrogen and oxygen atoms in total. The maximum atomic E-state index is 13.2. The Morgan fingerprint density at radius 3 is 1.88 bits per heavy atom. The highest BCUT2D eigenvalue weighted by Crippen LogP contribution is 2.26. The molecule has 0 aromatic heterocycles. The first-order valence-electron chi connectivity index (χ1n) is 13.0. The zero-order valence-corrected chi connectivity index (χ0v) is 25.7. The summed E-state index contributed by atoms with van der Waals surface area (Å²) < 4.78 is 61.3. The van der Waals surface area contributed by atoms with Gasteiger partial charge in [0.1, 0.15) is 5.75 Å². The van der Waals surface area contributed by atoms with Crippen molar-refractivity contribution in [3.05, 3.63) is 103 Å². The van der Waals surface area contributed by atoms with Crippen LogP contribution in [0.2, 0.25) is 0 Å². The summed E-state index contributed by atoms with van der Waals surface area (Å²) in [5.41, 5.74) is 1.53. The van der Waals surface area contributed by atoms with Gasteiger partial charge in [0.15, 0.2) is 0 Å². The number of hydrogen-bond donors (Lipinski definition) is 2. The number of thioether (sulfide) groups is 1. The van der Waals surface area contributed by atoms with Crippen LogP contribution in [0.4, 0.5) is 17.1 Å². The van der Waals surface area contributed by atoms with Gasteiger partial charge in [0.25, 0.3) is 26.0 Å². The monoisotopic (exact) mass is 625 g/mol. The van der Waals surface area contributed by atoms with Crippen molar-refractivity contribution in [2.24, 2.45) is 0 Å². The van der Waals surface area contributed by atoms with E-state index in [4.69, 9.17) is 4.74 Å².